The third-order valence-corrected chi connectivity index (χ3v) is 19.5. The summed E-state index contributed by atoms with van der Waals surface area (Å²) >= 11 is 0. The van der Waals surface area contributed by atoms with Crippen LogP contribution in [0.3, 0.4) is 0 Å². The Bertz CT molecular complexity index is 4400. The monoisotopic (exact) mass is 1060 g/mol. The summed E-state index contributed by atoms with van der Waals surface area (Å²) in [7, 11) is 0. The number of fused-ring (bicyclic) bond motifs is 16. The molecule has 11 aromatic carbocycles. The van der Waals surface area contributed by atoms with E-state index in [2.05, 4.69) is 311 Å². The first-order chi connectivity index (χ1) is 39.5. The highest BCUT2D eigenvalue weighted by molar-refractivity contribution is 6.01. The lowest BCUT2D eigenvalue weighted by Crippen LogP contribution is -2.27. The van der Waals surface area contributed by atoms with Gasteiger partial charge in [0.1, 0.15) is 0 Å². The van der Waals surface area contributed by atoms with Crippen LogP contribution in [-0.2, 0) is 27.1 Å². The maximum Gasteiger partial charge on any atom is 0.0725 e. The molecule has 15 rings (SSSR count). The lowest BCUT2D eigenvalue weighted by atomic mass is 9.68. The van der Waals surface area contributed by atoms with Crippen LogP contribution in [0, 0.1) is 0 Å². The molecule has 11 aromatic rings. The minimum Gasteiger partial charge on any atom is -0.309 e. The van der Waals surface area contributed by atoms with E-state index in [1.165, 1.54) is 134 Å². The molecule has 0 heterocycles. The second-order valence-electron chi connectivity index (χ2n) is 26.8. The fraction of sp³-hybridized carbons (Fsp3) is 0.185. The topological polar surface area (TPSA) is 3.24 Å². The number of nitrogens with zero attached hydrogens (tertiary/aromatic N) is 1. The molecular weight excluding hydrogens is 987 g/mol. The molecule has 0 saturated carbocycles. The summed E-state index contributed by atoms with van der Waals surface area (Å²) in [6.07, 6.45) is 0. The SMILES string of the molecule is CC(C)(C)c1ccc2c(c1)C1(c3ccccc3-c3ccc(-c4ccccc4N(c4ccc(-c5ccc6c(c5)C(C)(C)c5ccccc5-6)cc4)c4ccccc4-c4cccc5c4-c4ccccc4C5(C)C)cc31)c1cc(C(C)(C)C)ccc1-2. The van der Waals surface area contributed by atoms with E-state index in [0.717, 1.165) is 17.1 Å². The van der Waals surface area contributed by atoms with E-state index in [-0.39, 0.29) is 21.7 Å². The highest BCUT2D eigenvalue weighted by atomic mass is 15.1. The van der Waals surface area contributed by atoms with Crippen molar-refractivity contribution in [2.45, 2.75) is 96.3 Å². The van der Waals surface area contributed by atoms with Gasteiger partial charge >= 0.3 is 0 Å². The minimum absolute atomic E-state index is 0.0364. The van der Waals surface area contributed by atoms with Crippen molar-refractivity contribution in [1.82, 2.24) is 0 Å². The predicted octanol–water partition coefficient (Wildman–Crippen LogP) is 21.7. The molecular formula is C81H69N. The predicted molar refractivity (Wildman–Crippen MR) is 346 cm³/mol. The van der Waals surface area contributed by atoms with Gasteiger partial charge in [0, 0.05) is 27.6 Å². The Hall–Kier alpha value is -8.78. The van der Waals surface area contributed by atoms with Crippen molar-refractivity contribution in [3.8, 4) is 77.9 Å². The van der Waals surface area contributed by atoms with Gasteiger partial charge in [0.25, 0.3) is 0 Å². The van der Waals surface area contributed by atoms with Crippen molar-refractivity contribution < 1.29 is 0 Å². The summed E-state index contributed by atoms with van der Waals surface area (Å²) in [5, 5.41) is 0. The summed E-state index contributed by atoms with van der Waals surface area (Å²) in [6, 6.07) is 91.1. The van der Waals surface area contributed by atoms with Gasteiger partial charge < -0.3 is 4.90 Å². The Morgan fingerprint density at radius 3 is 1.27 bits per heavy atom. The van der Waals surface area contributed by atoms with Crippen LogP contribution in [0.25, 0.3) is 77.9 Å². The molecule has 4 aliphatic carbocycles. The fourth-order valence-electron chi connectivity index (χ4n) is 15.2. The van der Waals surface area contributed by atoms with E-state index < -0.39 is 5.41 Å². The van der Waals surface area contributed by atoms with Crippen molar-refractivity contribution in [2.24, 2.45) is 0 Å². The maximum absolute atomic E-state index is 2.57. The van der Waals surface area contributed by atoms with E-state index >= 15 is 0 Å². The number of benzene rings is 11. The van der Waals surface area contributed by atoms with E-state index in [1.807, 2.05) is 0 Å². The molecule has 1 nitrogen and oxygen atoms in total. The average Bonchev–Trinajstić information content (AvgIpc) is 1.61. The third-order valence-electron chi connectivity index (χ3n) is 19.5. The van der Waals surface area contributed by atoms with Crippen LogP contribution in [0.5, 0.6) is 0 Å². The molecule has 4 aliphatic rings. The fourth-order valence-corrected chi connectivity index (χ4v) is 15.2. The lowest BCUT2D eigenvalue weighted by Gasteiger charge is -2.33. The molecule has 0 radical (unpaired) electrons. The van der Waals surface area contributed by atoms with Gasteiger partial charge in [-0.3, -0.25) is 0 Å². The highest BCUT2D eigenvalue weighted by Gasteiger charge is 2.52. The van der Waals surface area contributed by atoms with Gasteiger partial charge in [-0.2, -0.15) is 0 Å². The van der Waals surface area contributed by atoms with Crippen LogP contribution in [0.4, 0.5) is 17.1 Å². The average molecular weight is 1060 g/mol. The molecule has 1 heteroatoms. The number of hydrogen-bond donors (Lipinski definition) is 0. The van der Waals surface area contributed by atoms with Crippen LogP contribution in [-0.4, -0.2) is 0 Å². The van der Waals surface area contributed by atoms with Gasteiger partial charge in [0.2, 0.25) is 0 Å². The molecule has 0 N–H and O–H groups in total. The van der Waals surface area contributed by atoms with Gasteiger partial charge in [-0.25, -0.2) is 0 Å². The molecule has 0 bridgehead atoms. The molecule has 398 valence electrons. The molecule has 0 fully saturated rings. The summed E-state index contributed by atoms with van der Waals surface area (Å²) in [5.74, 6) is 0. The number of rotatable bonds is 6. The standard InChI is InChI=1S/C81H69N/c1-77(2,3)53-38-44-61-62-45-39-54(78(4,5)6)49-73(62)81(72(61)48-53)68-30-18-12-24-58(68)60-43-37-52(47-71(60)81)56-22-14-19-32-74(56)82(55-40-34-50(35-41-55)51-36-42-59-57-23-11-16-28-66(57)80(9,10)70(59)46-51)75-33-20-15-25-63(75)64-27-21-31-69-76(64)65-26-13-17-29-67(65)79(69,7)8/h11-49H,1-10H3. The minimum atomic E-state index is -0.528. The van der Waals surface area contributed by atoms with E-state index in [9.17, 15) is 0 Å². The first-order valence-electron chi connectivity index (χ1n) is 29.6. The summed E-state index contributed by atoms with van der Waals surface area (Å²) in [4.78, 5) is 2.55. The zero-order chi connectivity index (χ0) is 56.2. The molecule has 0 saturated heterocycles. The van der Waals surface area contributed by atoms with Crippen molar-refractivity contribution in [3.05, 3.63) is 292 Å². The first-order valence-corrected chi connectivity index (χ1v) is 29.6. The molecule has 1 spiro atoms. The number of para-hydroxylation sites is 2. The number of anilines is 3. The number of hydrogen-bond acceptors (Lipinski definition) is 1. The van der Waals surface area contributed by atoms with Gasteiger partial charge in [0.05, 0.1) is 16.8 Å². The molecule has 0 unspecified atom stereocenters. The van der Waals surface area contributed by atoms with Crippen LogP contribution in [0.15, 0.2) is 237 Å². The molecule has 82 heavy (non-hydrogen) atoms. The van der Waals surface area contributed by atoms with Crippen molar-refractivity contribution in [1.29, 1.82) is 0 Å². The quantitative estimate of drug-likeness (QED) is 0.160. The largest absolute Gasteiger partial charge is 0.309 e. The summed E-state index contributed by atoms with van der Waals surface area (Å²) in [5.41, 5.74) is 34.0. The van der Waals surface area contributed by atoms with E-state index in [4.69, 9.17) is 0 Å². The van der Waals surface area contributed by atoms with Crippen LogP contribution in [0.1, 0.15) is 125 Å². The second kappa shape index (κ2) is 17.6. The van der Waals surface area contributed by atoms with Gasteiger partial charge in [-0.15, -0.1) is 0 Å². The van der Waals surface area contributed by atoms with Crippen molar-refractivity contribution in [2.75, 3.05) is 4.90 Å². The Balaban J connectivity index is 0.948. The molecule has 0 aliphatic heterocycles. The normalized spacial score (nSPS) is 15.0. The summed E-state index contributed by atoms with van der Waals surface area (Å²) < 4.78 is 0. The molecule has 0 amide bonds. The van der Waals surface area contributed by atoms with Gasteiger partial charge in [-0.05, 0) is 170 Å². The van der Waals surface area contributed by atoms with Crippen LogP contribution >= 0.6 is 0 Å². The Kier molecular flexibility index (Phi) is 10.8. The van der Waals surface area contributed by atoms with Gasteiger partial charge in [0.15, 0.2) is 0 Å². The highest BCUT2D eigenvalue weighted by Crippen LogP contribution is 2.64. The van der Waals surface area contributed by atoms with Crippen LogP contribution in [0.2, 0.25) is 0 Å². The van der Waals surface area contributed by atoms with Crippen LogP contribution < -0.4 is 4.90 Å². The summed E-state index contributed by atoms with van der Waals surface area (Å²) in [6.45, 7) is 23.6. The second-order valence-corrected chi connectivity index (χ2v) is 26.8. The Labute approximate surface area is 485 Å². The maximum atomic E-state index is 2.57. The van der Waals surface area contributed by atoms with E-state index in [0.29, 0.717) is 0 Å². The lowest BCUT2D eigenvalue weighted by molar-refractivity contribution is 0.586. The van der Waals surface area contributed by atoms with Crippen molar-refractivity contribution >= 4 is 17.1 Å². The smallest absolute Gasteiger partial charge is 0.0725 e. The Morgan fingerprint density at radius 1 is 0.268 bits per heavy atom. The van der Waals surface area contributed by atoms with Gasteiger partial charge in [-0.1, -0.05) is 269 Å². The third kappa shape index (κ3) is 7.11. The Morgan fingerprint density at radius 2 is 0.659 bits per heavy atom. The first kappa shape index (κ1) is 50.2. The molecule has 0 aromatic heterocycles. The van der Waals surface area contributed by atoms with Crippen molar-refractivity contribution in [3.63, 3.8) is 0 Å². The zero-order valence-electron chi connectivity index (χ0n) is 49.0. The molecule has 0 atom stereocenters. The van der Waals surface area contributed by atoms with E-state index in [1.54, 1.807) is 0 Å². The zero-order valence-corrected chi connectivity index (χ0v) is 49.0.